The Labute approximate surface area is 457 Å². The summed E-state index contributed by atoms with van der Waals surface area (Å²) in [6.45, 7) is 15.5. The zero-order chi connectivity index (χ0) is 57.5. The predicted molar refractivity (Wildman–Crippen MR) is 271 cm³/mol. The number of allylic oxidation sites excluding steroid dienone is 1. The van der Waals surface area contributed by atoms with E-state index in [1.54, 1.807) is 20.8 Å². The minimum atomic E-state index is -1.87. The number of aliphatic hydroxyl groups excluding tert-OH is 14. The van der Waals surface area contributed by atoms with Crippen molar-refractivity contribution in [3.8, 4) is 0 Å². The summed E-state index contributed by atoms with van der Waals surface area (Å²) in [5, 5.41) is 163. The monoisotopic (exact) mass is 1120 g/mol. The van der Waals surface area contributed by atoms with Crippen LogP contribution in [-0.2, 0) is 37.9 Å². The normalized spacial score (nSPS) is 51.4. The van der Waals surface area contributed by atoms with E-state index in [0.717, 1.165) is 19.3 Å². The van der Waals surface area contributed by atoms with Gasteiger partial charge >= 0.3 is 0 Å². The second-order valence-electron chi connectivity index (χ2n) is 26.2. The van der Waals surface area contributed by atoms with E-state index in [2.05, 4.69) is 47.6 Å². The molecule has 8 rings (SSSR count). The second kappa shape index (κ2) is 23.7. The van der Waals surface area contributed by atoms with Gasteiger partial charge in [-0.15, -0.1) is 0 Å². The third kappa shape index (κ3) is 11.0. The summed E-state index contributed by atoms with van der Waals surface area (Å²) < 4.78 is 48.3. The maximum absolute atomic E-state index is 12.7. The molecule has 4 heterocycles. The fourth-order valence-electron chi connectivity index (χ4n) is 15.8. The first-order valence-electron chi connectivity index (χ1n) is 28.4. The van der Waals surface area contributed by atoms with E-state index >= 15 is 0 Å². The lowest BCUT2D eigenvalue weighted by Crippen LogP contribution is -2.65. The van der Waals surface area contributed by atoms with Crippen LogP contribution in [-0.4, -0.2) is 244 Å². The molecule has 4 aliphatic heterocycles. The lowest BCUT2D eigenvalue weighted by molar-refractivity contribution is -0.378. The van der Waals surface area contributed by atoms with Crippen LogP contribution in [0.4, 0.5) is 0 Å². The van der Waals surface area contributed by atoms with Gasteiger partial charge in [-0.2, -0.15) is 0 Å². The van der Waals surface area contributed by atoms with Gasteiger partial charge in [-0.25, -0.2) is 0 Å². The van der Waals surface area contributed by atoms with Crippen molar-refractivity contribution in [3.05, 3.63) is 11.6 Å². The summed E-state index contributed by atoms with van der Waals surface area (Å²) in [5.74, 6) is -0.425. The largest absolute Gasteiger partial charge is 0.394 e. The molecule has 78 heavy (non-hydrogen) atoms. The number of rotatable bonds is 17. The molecular formula is C55H94O23. The first-order valence-corrected chi connectivity index (χ1v) is 28.4. The average molecular weight is 1120 g/mol. The first-order chi connectivity index (χ1) is 36.4. The standard InChI is InChI=1S/C55H94O23/c1-23(25-16-17-53(7)32-13-11-26-27(55(32,9)33(59)18-54(25,53)8)12-15-34(51(26,3)4)76-48-45(69)41(65)38(62)30(21-58)74-48)10-14-35(52(5,6)70)77-50-46(78-49-43(67)36(60)24(2)28(19-56)72-49)42(66)39(63)31(75-50)22-71-47-44(68)40(64)37(61)29(20-57)73-47/h11,23-25,27-50,56-70H,10,12-22H2,1-9H3/t23-,24-,25-,27-,28-,29-,30-,31-,32+,33-,34+,35-,36+,37-,38-,39-,40+,41+,42+,43-,44-,45-,46-,47-,48+,49+,50+,53+,54-,55+/m1/s1. The molecule has 0 unspecified atom stereocenters. The van der Waals surface area contributed by atoms with Crippen molar-refractivity contribution in [3.63, 3.8) is 0 Å². The molecule has 23 heteroatoms. The molecule has 0 spiro atoms. The Morgan fingerprint density at radius 3 is 1.76 bits per heavy atom. The summed E-state index contributed by atoms with van der Waals surface area (Å²) in [7, 11) is 0. The molecule has 8 aliphatic rings. The molecule has 30 atom stereocenters. The molecule has 452 valence electrons. The smallest absolute Gasteiger partial charge is 0.187 e. The van der Waals surface area contributed by atoms with Crippen LogP contribution in [0, 0.1) is 51.2 Å². The highest BCUT2D eigenvalue weighted by Gasteiger charge is 2.70. The van der Waals surface area contributed by atoms with E-state index in [9.17, 15) is 76.6 Å². The van der Waals surface area contributed by atoms with Crippen LogP contribution in [0.5, 0.6) is 0 Å². The minimum Gasteiger partial charge on any atom is -0.394 e. The molecule has 7 fully saturated rings. The zero-order valence-corrected chi connectivity index (χ0v) is 46.6. The van der Waals surface area contributed by atoms with Gasteiger partial charge in [-0.3, -0.25) is 0 Å². The number of hydrogen-bond acceptors (Lipinski definition) is 23. The molecule has 3 saturated carbocycles. The van der Waals surface area contributed by atoms with Crippen molar-refractivity contribution < 1.29 is 114 Å². The molecule has 0 amide bonds. The lowest BCUT2D eigenvalue weighted by Gasteiger charge is -2.67. The Morgan fingerprint density at radius 1 is 0.615 bits per heavy atom. The van der Waals surface area contributed by atoms with Crippen LogP contribution in [0.3, 0.4) is 0 Å². The molecule has 0 aromatic heterocycles. The Bertz CT molecular complexity index is 2020. The van der Waals surface area contributed by atoms with Gasteiger partial charge in [0.15, 0.2) is 25.2 Å². The van der Waals surface area contributed by atoms with Gasteiger partial charge in [0.05, 0.1) is 62.5 Å². The topological polar surface area (TPSA) is 377 Å². The van der Waals surface area contributed by atoms with Gasteiger partial charge in [0.2, 0.25) is 0 Å². The predicted octanol–water partition coefficient (Wildman–Crippen LogP) is -1.96. The van der Waals surface area contributed by atoms with Crippen LogP contribution < -0.4 is 0 Å². The van der Waals surface area contributed by atoms with Crippen molar-refractivity contribution >= 4 is 0 Å². The summed E-state index contributed by atoms with van der Waals surface area (Å²) in [5.41, 5.74) is -1.97. The number of hydrogen-bond donors (Lipinski definition) is 15. The first kappa shape index (κ1) is 62.9. The van der Waals surface area contributed by atoms with E-state index in [4.69, 9.17) is 37.9 Å². The number of aliphatic hydroxyl groups is 15. The third-order valence-electron chi connectivity index (χ3n) is 21.2. The summed E-state index contributed by atoms with van der Waals surface area (Å²) in [6.07, 6.45) is -24.0. The van der Waals surface area contributed by atoms with Gasteiger partial charge in [-0.05, 0) is 99.7 Å². The van der Waals surface area contributed by atoms with E-state index in [1.165, 1.54) is 5.57 Å². The molecule has 15 N–H and O–H groups in total. The maximum atomic E-state index is 12.7. The van der Waals surface area contributed by atoms with Crippen molar-refractivity contribution in [2.45, 2.75) is 254 Å². The third-order valence-corrected chi connectivity index (χ3v) is 21.2. The summed E-state index contributed by atoms with van der Waals surface area (Å²) in [6, 6.07) is 0. The summed E-state index contributed by atoms with van der Waals surface area (Å²) in [4.78, 5) is 0. The van der Waals surface area contributed by atoms with Crippen molar-refractivity contribution in [1.82, 2.24) is 0 Å². The quantitative estimate of drug-likeness (QED) is 0.0704. The van der Waals surface area contributed by atoms with E-state index in [-0.39, 0.29) is 40.9 Å². The Balaban J connectivity index is 0.987. The Kier molecular flexibility index (Phi) is 19.1. The molecular weight excluding hydrogens is 1030 g/mol. The lowest BCUT2D eigenvalue weighted by atomic mass is 9.38. The highest BCUT2D eigenvalue weighted by atomic mass is 16.8. The van der Waals surface area contributed by atoms with Crippen molar-refractivity contribution in [1.29, 1.82) is 0 Å². The van der Waals surface area contributed by atoms with E-state index in [1.807, 2.05) is 0 Å². The maximum Gasteiger partial charge on any atom is 0.187 e. The van der Waals surface area contributed by atoms with Gasteiger partial charge in [0, 0.05) is 16.7 Å². The van der Waals surface area contributed by atoms with Crippen LogP contribution in [0.25, 0.3) is 0 Å². The molecule has 0 bridgehead atoms. The fraction of sp³-hybridized carbons (Fsp3) is 0.964. The molecule has 0 aromatic carbocycles. The van der Waals surface area contributed by atoms with Gasteiger partial charge in [0.25, 0.3) is 0 Å². The Morgan fingerprint density at radius 2 is 1.15 bits per heavy atom. The molecule has 4 aliphatic carbocycles. The number of fused-ring (bicyclic) bond motifs is 5. The van der Waals surface area contributed by atoms with Crippen LogP contribution in [0.15, 0.2) is 11.6 Å². The van der Waals surface area contributed by atoms with Crippen LogP contribution >= 0.6 is 0 Å². The minimum absolute atomic E-state index is 0.0180. The fourth-order valence-corrected chi connectivity index (χ4v) is 15.8. The molecule has 0 aromatic rings. The van der Waals surface area contributed by atoms with Crippen molar-refractivity contribution in [2.24, 2.45) is 51.2 Å². The molecule has 4 saturated heterocycles. The Hall–Kier alpha value is -1.18. The van der Waals surface area contributed by atoms with Gasteiger partial charge in [0.1, 0.15) is 79.4 Å². The van der Waals surface area contributed by atoms with Crippen LogP contribution in [0.2, 0.25) is 0 Å². The molecule has 23 nitrogen and oxygen atoms in total. The second-order valence-corrected chi connectivity index (χ2v) is 26.2. The highest BCUT2D eigenvalue weighted by molar-refractivity contribution is 5.32. The van der Waals surface area contributed by atoms with E-state index < -0.39 is 184 Å². The SMILES string of the molecule is C[C@H]1[C@H](O)[C@@H](O)[C@H](O[C@H]2[C@H](O[C@H](CC[C@@H](C)[C@H]3CC[C@@]4(C)[C@@H]5CC=C6[C@@H](CC[C@H](O[C@@H]7O[C@H](CO)[C@@H](O)[C@H](O)[C@H]7O)C6(C)C)[C@]5(C)[C@H](O)C[C@]34C)C(C)(C)O)O[C@H](CO[C@@H]3O[C@H](CO)[C@@H](O)[C@H](O)[C@H]3O)[C@@H](O)[C@@H]2O)O[C@@H]1CO. The highest BCUT2D eigenvalue weighted by Crippen LogP contribution is 2.75. The van der Waals surface area contributed by atoms with E-state index in [0.29, 0.717) is 25.7 Å². The van der Waals surface area contributed by atoms with Crippen LogP contribution in [0.1, 0.15) is 114 Å². The molecule has 0 radical (unpaired) electrons. The zero-order valence-electron chi connectivity index (χ0n) is 46.6. The van der Waals surface area contributed by atoms with Gasteiger partial charge < -0.3 is 114 Å². The summed E-state index contributed by atoms with van der Waals surface area (Å²) >= 11 is 0. The van der Waals surface area contributed by atoms with Gasteiger partial charge in [-0.1, -0.05) is 60.1 Å². The van der Waals surface area contributed by atoms with Crippen molar-refractivity contribution in [2.75, 3.05) is 26.4 Å². The number of ether oxygens (including phenoxy) is 8. The average Bonchev–Trinajstić information content (AvgIpc) is 2.45.